The van der Waals surface area contributed by atoms with E-state index in [-0.39, 0.29) is 16.8 Å². The molecular formula is C19H22N2O4S. The first-order chi connectivity index (χ1) is 12.4. The molecule has 2 atom stereocenters. The molecule has 2 aliphatic rings. The second kappa shape index (κ2) is 6.25. The van der Waals surface area contributed by atoms with Crippen molar-refractivity contribution in [3.63, 3.8) is 0 Å². The molecule has 0 spiro atoms. The lowest BCUT2D eigenvalue weighted by Crippen LogP contribution is -2.59. The Morgan fingerprint density at radius 3 is 2.62 bits per heavy atom. The maximum atomic E-state index is 13.2. The summed E-state index contributed by atoms with van der Waals surface area (Å²) < 4.78 is 33.0. The van der Waals surface area contributed by atoms with Gasteiger partial charge in [-0.1, -0.05) is 12.1 Å². The van der Waals surface area contributed by atoms with Gasteiger partial charge in [-0.2, -0.15) is 4.31 Å². The quantitative estimate of drug-likeness (QED) is 0.826. The number of methoxy groups -OCH3 is 1. The number of hydrogen-bond donors (Lipinski definition) is 0. The van der Waals surface area contributed by atoms with Gasteiger partial charge in [0, 0.05) is 19.1 Å². The zero-order chi connectivity index (χ0) is 18.5. The van der Waals surface area contributed by atoms with Gasteiger partial charge in [0.25, 0.3) is 0 Å². The van der Waals surface area contributed by atoms with Gasteiger partial charge in [0.15, 0.2) is 0 Å². The molecule has 1 amide bonds. The number of ether oxygens (including phenoxy) is 1. The molecule has 138 valence electrons. The lowest BCUT2D eigenvalue weighted by Gasteiger charge is -2.40. The summed E-state index contributed by atoms with van der Waals surface area (Å²) in [6, 6.07) is 9.91. The Balaban J connectivity index is 1.71. The van der Waals surface area contributed by atoms with Crippen LogP contribution in [0.2, 0.25) is 0 Å². The highest BCUT2D eigenvalue weighted by Crippen LogP contribution is 2.31. The first-order valence-corrected chi connectivity index (χ1v) is 10.3. The van der Waals surface area contributed by atoms with Crippen LogP contribution in [0.15, 0.2) is 41.3 Å². The van der Waals surface area contributed by atoms with E-state index >= 15 is 0 Å². The van der Waals surface area contributed by atoms with Crippen LogP contribution in [-0.4, -0.2) is 55.8 Å². The number of carbonyl (C=O) groups is 1. The van der Waals surface area contributed by atoms with E-state index in [0.717, 1.165) is 35.9 Å². The number of fused-ring (bicyclic) bond motifs is 2. The first-order valence-electron chi connectivity index (χ1n) is 8.82. The van der Waals surface area contributed by atoms with E-state index in [1.54, 1.807) is 32.2 Å². The molecule has 0 saturated carbocycles. The topological polar surface area (TPSA) is 66.9 Å². The summed E-state index contributed by atoms with van der Waals surface area (Å²) in [5, 5.41) is 1.73. The predicted octanol–water partition coefficient (Wildman–Crippen LogP) is 2.23. The van der Waals surface area contributed by atoms with Crippen LogP contribution in [0, 0.1) is 0 Å². The van der Waals surface area contributed by atoms with Crippen LogP contribution in [0.5, 0.6) is 5.75 Å². The van der Waals surface area contributed by atoms with E-state index < -0.39 is 16.1 Å². The molecule has 0 aromatic heterocycles. The van der Waals surface area contributed by atoms with Crippen LogP contribution in [0.25, 0.3) is 10.8 Å². The fraction of sp³-hybridized carbons (Fsp3) is 0.421. The molecule has 2 unspecified atom stereocenters. The summed E-state index contributed by atoms with van der Waals surface area (Å²) in [6.07, 6.45) is 1.80. The largest absolute Gasteiger partial charge is 0.497 e. The van der Waals surface area contributed by atoms with Crippen LogP contribution < -0.4 is 4.74 Å². The molecule has 2 aromatic rings. The molecule has 4 rings (SSSR count). The number of nitrogens with zero attached hydrogens (tertiary/aromatic N) is 2. The van der Waals surface area contributed by atoms with Gasteiger partial charge in [0.2, 0.25) is 15.9 Å². The summed E-state index contributed by atoms with van der Waals surface area (Å²) in [4.78, 5) is 14.6. The van der Waals surface area contributed by atoms with E-state index in [0.29, 0.717) is 6.54 Å². The Morgan fingerprint density at radius 2 is 1.85 bits per heavy atom. The van der Waals surface area contributed by atoms with Crippen LogP contribution in [0.4, 0.5) is 0 Å². The molecule has 0 N–H and O–H groups in total. The van der Waals surface area contributed by atoms with Crippen LogP contribution in [0.1, 0.15) is 19.8 Å². The van der Waals surface area contributed by atoms with Crippen molar-refractivity contribution in [2.75, 3.05) is 20.2 Å². The minimum Gasteiger partial charge on any atom is -0.497 e. The molecular weight excluding hydrogens is 352 g/mol. The van der Waals surface area contributed by atoms with E-state index in [9.17, 15) is 13.2 Å². The molecule has 0 radical (unpaired) electrons. The Morgan fingerprint density at radius 1 is 1.12 bits per heavy atom. The smallest absolute Gasteiger partial charge is 0.243 e. The highest BCUT2D eigenvalue weighted by molar-refractivity contribution is 7.89. The van der Waals surface area contributed by atoms with Gasteiger partial charge >= 0.3 is 0 Å². The third-order valence-corrected chi connectivity index (χ3v) is 7.40. The minimum atomic E-state index is -3.74. The van der Waals surface area contributed by atoms with Crippen molar-refractivity contribution in [1.82, 2.24) is 9.21 Å². The number of rotatable bonds is 3. The maximum Gasteiger partial charge on any atom is 0.243 e. The monoisotopic (exact) mass is 374 g/mol. The highest BCUT2D eigenvalue weighted by atomic mass is 32.2. The van der Waals surface area contributed by atoms with Crippen molar-refractivity contribution >= 4 is 26.7 Å². The molecule has 6 nitrogen and oxygen atoms in total. The summed E-state index contributed by atoms with van der Waals surface area (Å²) in [6.45, 7) is 2.79. The second-order valence-electron chi connectivity index (χ2n) is 6.95. The third-order valence-electron chi connectivity index (χ3n) is 5.47. The molecule has 2 fully saturated rings. The minimum absolute atomic E-state index is 0.00167. The van der Waals surface area contributed by atoms with Crippen molar-refractivity contribution in [2.24, 2.45) is 0 Å². The Hall–Kier alpha value is -2.12. The fourth-order valence-corrected chi connectivity index (χ4v) is 5.64. The number of sulfonamides is 1. The number of amides is 1. The second-order valence-corrected chi connectivity index (χ2v) is 8.84. The number of hydrogen-bond acceptors (Lipinski definition) is 4. The molecule has 0 bridgehead atoms. The van der Waals surface area contributed by atoms with Crippen LogP contribution in [-0.2, 0) is 14.8 Å². The summed E-state index contributed by atoms with van der Waals surface area (Å²) in [7, 11) is -2.14. The van der Waals surface area contributed by atoms with Crippen molar-refractivity contribution in [2.45, 2.75) is 36.7 Å². The van der Waals surface area contributed by atoms with Crippen LogP contribution >= 0.6 is 0 Å². The van der Waals surface area contributed by atoms with E-state index in [4.69, 9.17) is 4.74 Å². The molecule has 7 heteroatoms. The predicted molar refractivity (Wildman–Crippen MR) is 98.6 cm³/mol. The third kappa shape index (κ3) is 2.66. The van der Waals surface area contributed by atoms with Gasteiger partial charge in [-0.05, 0) is 54.8 Å². The van der Waals surface area contributed by atoms with Crippen molar-refractivity contribution in [3.05, 3.63) is 36.4 Å². The zero-order valence-corrected chi connectivity index (χ0v) is 15.7. The number of benzene rings is 2. The standard InChI is InChI=1S/C19H22N2O4S/c1-13-19(22)20-9-3-4-16(20)12-21(13)26(23,24)18-8-6-14-10-17(25-2)7-5-15(14)11-18/h5-8,10-11,13,16H,3-4,9,12H2,1-2H3. The number of piperazine rings is 1. The van der Waals surface area contributed by atoms with Gasteiger partial charge in [0.05, 0.1) is 12.0 Å². The SMILES string of the molecule is COc1ccc2cc(S(=O)(=O)N3CC4CCCN4C(=O)C3C)ccc2c1. The Labute approximate surface area is 153 Å². The maximum absolute atomic E-state index is 13.2. The zero-order valence-electron chi connectivity index (χ0n) is 14.9. The van der Waals surface area contributed by atoms with Crippen molar-refractivity contribution in [3.8, 4) is 5.75 Å². The molecule has 2 heterocycles. The fourth-order valence-electron chi connectivity index (χ4n) is 3.98. The van der Waals surface area contributed by atoms with Gasteiger partial charge in [-0.25, -0.2) is 8.42 Å². The molecule has 0 aliphatic carbocycles. The average Bonchev–Trinajstić information content (AvgIpc) is 3.12. The highest BCUT2D eigenvalue weighted by Gasteiger charge is 2.45. The normalized spacial score (nSPS) is 24.1. The van der Waals surface area contributed by atoms with E-state index in [2.05, 4.69) is 0 Å². The summed E-state index contributed by atoms with van der Waals surface area (Å²) in [5.74, 6) is 0.637. The van der Waals surface area contributed by atoms with E-state index in [1.807, 2.05) is 23.1 Å². The van der Waals surface area contributed by atoms with E-state index in [1.165, 1.54) is 4.31 Å². The summed E-state index contributed by atoms with van der Waals surface area (Å²) in [5.41, 5.74) is 0. The van der Waals surface area contributed by atoms with Gasteiger partial charge in [0.1, 0.15) is 11.8 Å². The van der Waals surface area contributed by atoms with Crippen molar-refractivity contribution in [1.29, 1.82) is 0 Å². The van der Waals surface area contributed by atoms with Gasteiger partial charge < -0.3 is 9.64 Å². The lowest BCUT2D eigenvalue weighted by atomic mass is 10.1. The van der Waals surface area contributed by atoms with Crippen molar-refractivity contribution < 1.29 is 17.9 Å². The lowest BCUT2D eigenvalue weighted by molar-refractivity contribution is -0.139. The molecule has 2 saturated heterocycles. The first kappa shape index (κ1) is 17.3. The van der Waals surface area contributed by atoms with Gasteiger partial charge in [-0.15, -0.1) is 0 Å². The Bertz CT molecular complexity index is 973. The number of carbonyl (C=O) groups excluding carboxylic acids is 1. The summed E-state index contributed by atoms with van der Waals surface area (Å²) >= 11 is 0. The van der Waals surface area contributed by atoms with Crippen LogP contribution in [0.3, 0.4) is 0 Å². The molecule has 2 aliphatic heterocycles. The molecule has 2 aromatic carbocycles. The average molecular weight is 374 g/mol. The Kier molecular flexibility index (Phi) is 4.16. The molecule has 26 heavy (non-hydrogen) atoms. The van der Waals surface area contributed by atoms with Gasteiger partial charge in [-0.3, -0.25) is 4.79 Å².